The number of carbonyl (C=O) groups is 1. The van der Waals surface area contributed by atoms with Crippen molar-refractivity contribution >= 4 is 5.91 Å². The summed E-state index contributed by atoms with van der Waals surface area (Å²) in [7, 11) is 0. The number of carbonyl (C=O) groups excluding carboxylic acids is 1. The number of amides is 1. The molecule has 3 N–H and O–H groups in total. The van der Waals surface area contributed by atoms with Crippen molar-refractivity contribution in [2.45, 2.75) is 13.8 Å². The third-order valence-electron chi connectivity index (χ3n) is 0.990. The Morgan fingerprint density at radius 3 is 2.64 bits per heavy atom. The summed E-state index contributed by atoms with van der Waals surface area (Å²) < 4.78 is 12.3. The van der Waals surface area contributed by atoms with Crippen molar-refractivity contribution in [1.82, 2.24) is 5.32 Å². The molecule has 0 spiro atoms. The predicted octanol–water partition coefficient (Wildman–Crippen LogP) is 0.528. The fourth-order valence-electron chi connectivity index (χ4n) is 0.455. The fraction of sp³-hybridized carbons (Fsp3) is 0.571. The first-order valence-electron chi connectivity index (χ1n) is 3.43. The van der Waals surface area contributed by atoms with Crippen molar-refractivity contribution in [3.05, 3.63) is 12.0 Å². The molecule has 0 aromatic heterocycles. The summed E-state index contributed by atoms with van der Waals surface area (Å²) in [6.07, 6.45) is 0.988. The minimum absolute atomic E-state index is 0.409. The predicted molar refractivity (Wildman–Crippen MR) is 41.2 cm³/mol. The molecule has 0 aromatic carbocycles. The van der Waals surface area contributed by atoms with Gasteiger partial charge in [-0.25, -0.2) is 0 Å². The SMILES string of the molecule is CC(C)CN/C=C(/F)C(N)=O. The molecule has 0 aromatic rings. The van der Waals surface area contributed by atoms with Crippen molar-refractivity contribution in [3.63, 3.8) is 0 Å². The van der Waals surface area contributed by atoms with Gasteiger partial charge in [0.05, 0.1) is 0 Å². The normalized spacial score (nSPS) is 11.8. The van der Waals surface area contributed by atoms with E-state index in [4.69, 9.17) is 0 Å². The molecule has 64 valence electrons. The molecule has 3 nitrogen and oxygen atoms in total. The van der Waals surface area contributed by atoms with E-state index in [1.54, 1.807) is 0 Å². The molecule has 0 radical (unpaired) electrons. The second-order valence-corrected chi connectivity index (χ2v) is 2.66. The maximum atomic E-state index is 12.3. The molecule has 0 bridgehead atoms. The number of primary amides is 1. The first-order valence-corrected chi connectivity index (χ1v) is 3.43. The van der Waals surface area contributed by atoms with Crippen LogP contribution in [0.1, 0.15) is 13.8 Å². The first kappa shape index (κ1) is 9.94. The molecule has 0 rings (SSSR count). The maximum Gasteiger partial charge on any atom is 0.278 e. The van der Waals surface area contributed by atoms with Crippen LogP contribution in [0.15, 0.2) is 12.0 Å². The lowest BCUT2D eigenvalue weighted by atomic mass is 10.2. The molecule has 0 saturated carbocycles. The molecule has 4 heteroatoms. The summed E-state index contributed by atoms with van der Waals surface area (Å²) in [5.41, 5.74) is 4.63. The molecule has 0 unspecified atom stereocenters. The summed E-state index contributed by atoms with van der Waals surface area (Å²) in [6, 6.07) is 0. The molecule has 1 amide bonds. The fourth-order valence-corrected chi connectivity index (χ4v) is 0.455. The molecule has 11 heavy (non-hydrogen) atoms. The Balaban J connectivity index is 3.65. The largest absolute Gasteiger partial charge is 0.388 e. The zero-order chi connectivity index (χ0) is 8.85. The molecule has 0 heterocycles. The van der Waals surface area contributed by atoms with Crippen LogP contribution in [0, 0.1) is 5.92 Å². The highest BCUT2D eigenvalue weighted by Gasteiger charge is 2.00. The van der Waals surface area contributed by atoms with Gasteiger partial charge in [0.15, 0.2) is 0 Å². The number of nitrogens with one attached hydrogen (secondary N) is 1. The van der Waals surface area contributed by atoms with Gasteiger partial charge in [-0.05, 0) is 5.92 Å². The highest BCUT2D eigenvalue weighted by molar-refractivity contribution is 5.89. The first-order chi connectivity index (χ1) is 5.04. The van der Waals surface area contributed by atoms with Crippen LogP contribution in [-0.2, 0) is 4.79 Å². The summed E-state index contributed by atoms with van der Waals surface area (Å²) in [6.45, 7) is 4.58. The number of rotatable bonds is 4. The van der Waals surface area contributed by atoms with Gasteiger partial charge in [-0.15, -0.1) is 0 Å². The summed E-state index contributed by atoms with van der Waals surface area (Å²) in [4.78, 5) is 10.1. The van der Waals surface area contributed by atoms with Crippen LogP contribution in [0.5, 0.6) is 0 Å². The molecule has 0 atom stereocenters. The van der Waals surface area contributed by atoms with E-state index in [2.05, 4.69) is 11.1 Å². The van der Waals surface area contributed by atoms with Gasteiger partial charge in [-0.3, -0.25) is 4.79 Å². The van der Waals surface area contributed by atoms with E-state index in [1.807, 2.05) is 13.8 Å². The molecular formula is C7H13FN2O. The van der Waals surface area contributed by atoms with Crippen molar-refractivity contribution in [1.29, 1.82) is 0 Å². The van der Waals surface area contributed by atoms with Gasteiger partial charge in [-0.2, -0.15) is 4.39 Å². The second kappa shape index (κ2) is 4.71. The van der Waals surface area contributed by atoms with Crippen LogP contribution in [0.4, 0.5) is 4.39 Å². The third-order valence-corrected chi connectivity index (χ3v) is 0.990. The number of hydrogen-bond donors (Lipinski definition) is 2. The van der Waals surface area contributed by atoms with Crippen LogP contribution >= 0.6 is 0 Å². The Labute approximate surface area is 65.5 Å². The monoisotopic (exact) mass is 160 g/mol. The van der Waals surface area contributed by atoms with Crippen LogP contribution in [0.2, 0.25) is 0 Å². The van der Waals surface area contributed by atoms with Gasteiger partial charge >= 0.3 is 0 Å². The highest BCUT2D eigenvalue weighted by Crippen LogP contribution is 1.92. The minimum Gasteiger partial charge on any atom is -0.388 e. The van der Waals surface area contributed by atoms with Crippen LogP contribution in [-0.4, -0.2) is 12.5 Å². The quantitative estimate of drug-likeness (QED) is 0.589. The summed E-state index contributed by atoms with van der Waals surface area (Å²) in [5.74, 6) is -1.57. The Morgan fingerprint density at radius 1 is 1.73 bits per heavy atom. The smallest absolute Gasteiger partial charge is 0.278 e. The van der Waals surface area contributed by atoms with Crippen molar-refractivity contribution in [3.8, 4) is 0 Å². The van der Waals surface area contributed by atoms with Crippen LogP contribution in [0.3, 0.4) is 0 Å². The lowest BCUT2D eigenvalue weighted by molar-refractivity contribution is -0.115. The Hall–Kier alpha value is -1.06. The third kappa shape index (κ3) is 5.39. The van der Waals surface area contributed by atoms with E-state index < -0.39 is 11.7 Å². The van der Waals surface area contributed by atoms with E-state index in [-0.39, 0.29) is 0 Å². The van der Waals surface area contributed by atoms with Crippen molar-refractivity contribution in [2.24, 2.45) is 11.7 Å². The summed E-state index contributed by atoms with van der Waals surface area (Å²) in [5, 5.41) is 2.63. The molecule has 0 saturated heterocycles. The molecular weight excluding hydrogens is 147 g/mol. The molecule has 0 aliphatic rings. The van der Waals surface area contributed by atoms with Gasteiger partial charge in [-0.1, -0.05) is 13.8 Å². The van der Waals surface area contributed by atoms with Gasteiger partial charge < -0.3 is 11.1 Å². The molecule has 0 aliphatic heterocycles. The van der Waals surface area contributed by atoms with Gasteiger partial charge in [0.1, 0.15) is 0 Å². The number of hydrogen-bond acceptors (Lipinski definition) is 2. The van der Waals surface area contributed by atoms with E-state index in [9.17, 15) is 9.18 Å². The zero-order valence-electron chi connectivity index (χ0n) is 6.73. The Morgan fingerprint density at radius 2 is 2.27 bits per heavy atom. The topological polar surface area (TPSA) is 55.1 Å². The average molecular weight is 160 g/mol. The maximum absolute atomic E-state index is 12.3. The van der Waals surface area contributed by atoms with E-state index in [1.165, 1.54) is 0 Å². The second-order valence-electron chi connectivity index (χ2n) is 2.66. The highest BCUT2D eigenvalue weighted by atomic mass is 19.1. The molecule has 0 aliphatic carbocycles. The standard InChI is InChI=1S/C7H13FN2O/c1-5(2)3-10-4-6(8)7(9)11/h4-5,10H,3H2,1-2H3,(H2,9,11)/b6-4+. The van der Waals surface area contributed by atoms with Gasteiger partial charge in [0, 0.05) is 12.7 Å². The van der Waals surface area contributed by atoms with Crippen molar-refractivity contribution < 1.29 is 9.18 Å². The van der Waals surface area contributed by atoms with Gasteiger partial charge in [0.2, 0.25) is 5.83 Å². The van der Waals surface area contributed by atoms with Gasteiger partial charge in [0.25, 0.3) is 5.91 Å². The number of nitrogens with two attached hydrogens (primary N) is 1. The zero-order valence-corrected chi connectivity index (χ0v) is 6.73. The van der Waals surface area contributed by atoms with E-state index in [0.717, 1.165) is 6.20 Å². The Kier molecular flexibility index (Phi) is 4.26. The van der Waals surface area contributed by atoms with E-state index >= 15 is 0 Å². The van der Waals surface area contributed by atoms with Crippen molar-refractivity contribution in [2.75, 3.05) is 6.54 Å². The van der Waals surface area contributed by atoms with E-state index in [0.29, 0.717) is 12.5 Å². The Bertz CT molecular complexity index is 166. The van der Waals surface area contributed by atoms with Crippen LogP contribution < -0.4 is 11.1 Å². The molecule has 0 fully saturated rings. The van der Waals surface area contributed by atoms with Crippen LogP contribution in [0.25, 0.3) is 0 Å². The lowest BCUT2D eigenvalue weighted by Crippen LogP contribution is -2.17. The minimum atomic E-state index is -1.04. The average Bonchev–Trinajstić information content (AvgIpc) is 1.86. The summed E-state index contributed by atoms with van der Waals surface area (Å²) >= 11 is 0. The lowest BCUT2D eigenvalue weighted by Gasteiger charge is -2.02. The number of halogens is 1.